The second kappa shape index (κ2) is 11.6. The normalized spacial score (nSPS) is 14.1. The molecule has 156 valence electrons. The predicted octanol–water partition coefficient (Wildman–Crippen LogP) is 7.70. The summed E-state index contributed by atoms with van der Waals surface area (Å²) in [5.74, 6) is -0.0217. The van der Waals surface area contributed by atoms with Crippen LogP contribution in [0, 0.1) is 0 Å². The second-order valence-corrected chi connectivity index (χ2v) is 12.0. The van der Waals surface area contributed by atoms with E-state index in [9.17, 15) is 0 Å². The van der Waals surface area contributed by atoms with Crippen molar-refractivity contribution in [3.63, 3.8) is 0 Å². The Kier molecular flexibility index (Phi) is 11.2. The first kappa shape index (κ1) is 27.0. The smallest absolute Gasteiger partial charge is 0.250 e. The Morgan fingerprint density at radius 3 is 1.64 bits per heavy atom. The summed E-state index contributed by atoms with van der Waals surface area (Å²) in [6.07, 6.45) is 0. The Hall–Kier alpha value is 0.990. The number of halogens is 9. The second-order valence-electron chi connectivity index (χ2n) is 5.21. The number of nitrogens with zero attached hydrogens (tertiary/aromatic N) is 3. The molecule has 1 N–H and O–H groups in total. The van der Waals surface area contributed by atoms with E-state index in [4.69, 9.17) is 92.8 Å². The summed E-state index contributed by atoms with van der Waals surface area (Å²) >= 11 is 49.2. The summed E-state index contributed by atoms with van der Waals surface area (Å²) in [4.78, 5) is 12.1. The van der Waals surface area contributed by atoms with E-state index in [1.54, 1.807) is 18.2 Å². The lowest BCUT2D eigenvalue weighted by atomic mass is 10.2. The zero-order valence-corrected chi connectivity index (χ0v) is 21.8. The maximum atomic E-state index is 5.81. The van der Waals surface area contributed by atoms with Gasteiger partial charge in [-0.15, -0.1) is 23.2 Å². The van der Waals surface area contributed by atoms with E-state index in [0.29, 0.717) is 5.56 Å². The van der Waals surface area contributed by atoms with Gasteiger partial charge in [0.1, 0.15) is 0 Å². The number of hydrogen-bond acceptors (Lipinski definition) is 4. The summed E-state index contributed by atoms with van der Waals surface area (Å²) in [7, 11) is 0. The molecular formula is C15H13BrCl8N4. The molecule has 2 unspecified atom stereocenters. The van der Waals surface area contributed by atoms with Crippen molar-refractivity contribution < 1.29 is 0 Å². The number of rotatable bonds is 3. The fourth-order valence-corrected chi connectivity index (χ4v) is 3.05. The van der Waals surface area contributed by atoms with E-state index in [0.717, 1.165) is 4.47 Å². The van der Waals surface area contributed by atoms with Crippen molar-refractivity contribution in [2.75, 3.05) is 0 Å². The summed E-state index contributed by atoms with van der Waals surface area (Å²) in [6, 6.07) is 7.19. The Balaban J connectivity index is 0.000000480. The first-order chi connectivity index (χ1) is 12.7. The molecule has 0 aliphatic rings. The van der Waals surface area contributed by atoms with E-state index in [1.807, 2.05) is 19.9 Å². The van der Waals surface area contributed by atoms with E-state index in [1.165, 1.54) is 0 Å². The first-order valence-electron chi connectivity index (χ1n) is 7.40. The van der Waals surface area contributed by atoms with Gasteiger partial charge in [-0.05, 0) is 26.0 Å². The number of aromatic nitrogens is 3. The SMILES string of the molecule is CC(Cl)NC(C)Cl.ClC(Cl)(Cl)c1nc(-c2cccc(Br)c2)nc(C(Cl)(Cl)Cl)n1. The van der Waals surface area contributed by atoms with Crippen molar-refractivity contribution in [2.45, 2.75) is 32.4 Å². The minimum atomic E-state index is -1.87. The molecule has 0 radical (unpaired) electrons. The standard InChI is InChI=1S/C11H4BrCl6N3.C4H9Cl2N/c12-6-3-1-2-5(4-6)7-19-8(10(13,14)15)21-9(20-7)11(16,17)18;1-3(5)7-4(2)6/h1-4H;3-4,7H,1-2H3. The van der Waals surface area contributed by atoms with Crippen LogP contribution in [0.4, 0.5) is 0 Å². The molecule has 1 aromatic carbocycles. The molecule has 1 aromatic heterocycles. The molecule has 2 aromatic rings. The maximum Gasteiger partial charge on any atom is 0.250 e. The van der Waals surface area contributed by atoms with E-state index in [2.05, 4.69) is 36.2 Å². The first-order valence-corrected chi connectivity index (χ1v) is 11.3. The van der Waals surface area contributed by atoms with E-state index >= 15 is 0 Å². The largest absolute Gasteiger partial charge is 0.286 e. The lowest BCUT2D eigenvalue weighted by Gasteiger charge is -2.15. The van der Waals surface area contributed by atoms with E-state index < -0.39 is 7.59 Å². The van der Waals surface area contributed by atoms with Crippen LogP contribution in [0.15, 0.2) is 28.7 Å². The predicted molar refractivity (Wildman–Crippen MR) is 125 cm³/mol. The van der Waals surface area contributed by atoms with Crippen LogP contribution in [0.2, 0.25) is 0 Å². The minimum absolute atomic E-state index is 0.0347. The van der Waals surface area contributed by atoms with Gasteiger partial charge in [-0.3, -0.25) is 5.32 Å². The number of nitrogens with one attached hydrogen (secondary N) is 1. The van der Waals surface area contributed by atoms with Crippen molar-refractivity contribution in [3.8, 4) is 11.4 Å². The zero-order chi connectivity index (χ0) is 21.7. The Morgan fingerprint density at radius 1 is 0.857 bits per heavy atom. The van der Waals surface area contributed by atoms with Gasteiger partial charge < -0.3 is 0 Å². The monoisotopic (exact) mass is 608 g/mol. The van der Waals surface area contributed by atoms with Gasteiger partial charge in [-0.1, -0.05) is 97.7 Å². The van der Waals surface area contributed by atoms with Crippen molar-refractivity contribution in [2.24, 2.45) is 0 Å². The third kappa shape index (κ3) is 9.86. The highest BCUT2D eigenvalue weighted by atomic mass is 79.9. The number of hydrogen-bond donors (Lipinski definition) is 1. The molecule has 0 aliphatic carbocycles. The molecule has 2 rings (SSSR count). The Bertz CT molecular complexity index is 739. The molecule has 0 saturated carbocycles. The van der Waals surface area contributed by atoms with Gasteiger partial charge in [0.2, 0.25) is 7.59 Å². The third-order valence-electron chi connectivity index (χ3n) is 2.68. The van der Waals surface area contributed by atoms with Crippen LogP contribution < -0.4 is 5.32 Å². The number of alkyl halides is 8. The van der Waals surface area contributed by atoms with Crippen molar-refractivity contribution in [3.05, 3.63) is 40.4 Å². The Morgan fingerprint density at radius 2 is 1.32 bits per heavy atom. The van der Waals surface area contributed by atoms with Crippen LogP contribution in [0.1, 0.15) is 25.5 Å². The van der Waals surface area contributed by atoms with Crippen molar-refractivity contribution in [1.82, 2.24) is 20.3 Å². The van der Waals surface area contributed by atoms with Gasteiger partial charge in [-0.25, -0.2) is 15.0 Å². The lowest BCUT2D eigenvalue weighted by Crippen LogP contribution is -2.25. The van der Waals surface area contributed by atoms with E-state index in [-0.39, 0.29) is 28.5 Å². The average molecular weight is 613 g/mol. The molecule has 0 bridgehead atoms. The quantitative estimate of drug-likeness (QED) is 0.285. The third-order valence-corrected chi connectivity index (χ3v) is 4.44. The minimum Gasteiger partial charge on any atom is -0.286 e. The topological polar surface area (TPSA) is 50.7 Å². The molecule has 0 spiro atoms. The fourth-order valence-electron chi connectivity index (χ4n) is 1.70. The highest BCUT2D eigenvalue weighted by Crippen LogP contribution is 2.40. The molecule has 0 fully saturated rings. The molecule has 28 heavy (non-hydrogen) atoms. The van der Waals surface area contributed by atoms with Crippen LogP contribution in [-0.2, 0) is 7.59 Å². The highest BCUT2D eigenvalue weighted by molar-refractivity contribution is 9.10. The molecule has 0 saturated heterocycles. The number of benzene rings is 1. The molecule has 1 heterocycles. The summed E-state index contributed by atoms with van der Waals surface area (Å²) < 4.78 is -2.91. The van der Waals surface area contributed by atoms with Gasteiger partial charge in [-0.2, -0.15) is 0 Å². The summed E-state index contributed by atoms with van der Waals surface area (Å²) in [5.41, 5.74) is 0.581. The molecule has 2 atom stereocenters. The average Bonchev–Trinajstić information content (AvgIpc) is 2.52. The van der Waals surface area contributed by atoms with Gasteiger partial charge >= 0.3 is 0 Å². The van der Waals surface area contributed by atoms with Gasteiger partial charge in [0.05, 0.1) is 11.0 Å². The van der Waals surface area contributed by atoms with Gasteiger partial charge in [0.15, 0.2) is 17.5 Å². The van der Waals surface area contributed by atoms with Crippen LogP contribution >= 0.6 is 109 Å². The molecule has 0 aliphatic heterocycles. The molecule has 13 heteroatoms. The summed E-state index contributed by atoms with van der Waals surface area (Å²) in [6.45, 7) is 3.67. The van der Waals surface area contributed by atoms with Crippen LogP contribution in [0.3, 0.4) is 0 Å². The van der Waals surface area contributed by atoms with Gasteiger partial charge in [0.25, 0.3) is 0 Å². The van der Waals surface area contributed by atoms with Gasteiger partial charge in [0, 0.05) is 10.0 Å². The fraction of sp³-hybridized carbons (Fsp3) is 0.400. The maximum absolute atomic E-state index is 5.81. The molecule has 4 nitrogen and oxygen atoms in total. The zero-order valence-electron chi connectivity index (χ0n) is 14.2. The summed E-state index contributed by atoms with van der Waals surface area (Å²) in [5, 5.41) is 2.84. The van der Waals surface area contributed by atoms with Crippen LogP contribution in [0.25, 0.3) is 11.4 Å². The van der Waals surface area contributed by atoms with Crippen LogP contribution in [0.5, 0.6) is 0 Å². The van der Waals surface area contributed by atoms with Crippen molar-refractivity contribution >= 4 is 109 Å². The Labute approximate surface area is 211 Å². The molecule has 0 amide bonds. The highest BCUT2D eigenvalue weighted by Gasteiger charge is 2.34. The van der Waals surface area contributed by atoms with Crippen molar-refractivity contribution in [1.29, 1.82) is 0 Å². The van der Waals surface area contributed by atoms with Crippen LogP contribution in [-0.4, -0.2) is 26.0 Å². The lowest BCUT2D eigenvalue weighted by molar-refractivity contribution is 0.667. The molecular weight excluding hydrogens is 600 g/mol.